The van der Waals surface area contributed by atoms with Gasteiger partial charge in [-0.25, -0.2) is 4.79 Å². The van der Waals surface area contributed by atoms with Crippen LogP contribution in [0.2, 0.25) is 0 Å². The van der Waals surface area contributed by atoms with Crippen molar-refractivity contribution in [2.75, 3.05) is 18.0 Å². The van der Waals surface area contributed by atoms with Crippen LogP contribution in [-0.4, -0.2) is 41.4 Å². The average Bonchev–Trinajstić information content (AvgIpc) is 2.92. The van der Waals surface area contributed by atoms with Gasteiger partial charge in [-0.3, -0.25) is 14.5 Å². The van der Waals surface area contributed by atoms with Gasteiger partial charge in [-0.15, -0.1) is 0 Å². The van der Waals surface area contributed by atoms with Crippen molar-refractivity contribution in [1.82, 2.24) is 10.2 Å². The summed E-state index contributed by atoms with van der Waals surface area (Å²) < 4.78 is 0. The summed E-state index contributed by atoms with van der Waals surface area (Å²) in [6, 6.07) is 5.67. The molecule has 6 heteroatoms. The van der Waals surface area contributed by atoms with Crippen molar-refractivity contribution < 1.29 is 14.4 Å². The number of fused-ring (bicyclic) bond motifs is 1. The molecule has 3 aliphatic rings. The maximum Gasteiger partial charge on any atom is 0.325 e. The summed E-state index contributed by atoms with van der Waals surface area (Å²) in [4.78, 5) is 41.5. The highest BCUT2D eigenvalue weighted by atomic mass is 16.2. The van der Waals surface area contributed by atoms with Gasteiger partial charge >= 0.3 is 6.03 Å². The Kier molecular flexibility index (Phi) is 4.89. The Morgan fingerprint density at radius 2 is 2.00 bits per heavy atom. The Bertz CT molecular complexity index is 811. The summed E-state index contributed by atoms with van der Waals surface area (Å²) in [5.74, 6) is 0.216. The molecule has 1 saturated heterocycles. The molecule has 1 aliphatic carbocycles. The molecule has 2 fully saturated rings. The topological polar surface area (TPSA) is 69.7 Å². The second-order valence-corrected chi connectivity index (χ2v) is 8.54. The highest BCUT2D eigenvalue weighted by Gasteiger charge is 2.52. The van der Waals surface area contributed by atoms with Crippen LogP contribution in [0, 0.1) is 12.8 Å². The maximum atomic E-state index is 13.1. The number of carbonyl (C=O) groups is 3. The molecule has 1 aromatic rings. The molecule has 0 unspecified atom stereocenters. The molecule has 150 valence electrons. The Balaban J connectivity index is 1.49. The number of carbonyl (C=O) groups excluding carboxylic acids is 3. The number of rotatable bonds is 3. The van der Waals surface area contributed by atoms with E-state index in [1.54, 1.807) is 4.90 Å². The fourth-order valence-electron chi connectivity index (χ4n) is 4.94. The van der Waals surface area contributed by atoms with E-state index >= 15 is 0 Å². The summed E-state index contributed by atoms with van der Waals surface area (Å²) in [6.45, 7) is 4.65. The quantitative estimate of drug-likeness (QED) is 0.815. The van der Waals surface area contributed by atoms with Gasteiger partial charge in [0.05, 0.1) is 0 Å². The zero-order chi connectivity index (χ0) is 19.9. The molecule has 2 heterocycles. The molecule has 1 spiro atoms. The fraction of sp³-hybridized carbons (Fsp3) is 0.591. The monoisotopic (exact) mass is 383 g/mol. The largest absolute Gasteiger partial charge is 0.325 e. The summed E-state index contributed by atoms with van der Waals surface area (Å²) in [6.07, 6.45) is 6.19. The van der Waals surface area contributed by atoms with Crippen LogP contribution in [0.1, 0.15) is 56.6 Å². The van der Waals surface area contributed by atoms with E-state index in [0.29, 0.717) is 25.3 Å². The van der Waals surface area contributed by atoms with E-state index in [1.807, 2.05) is 19.1 Å². The van der Waals surface area contributed by atoms with Gasteiger partial charge in [-0.1, -0.05) is 31.0 Å². The molecule has 1 N–H and O–H groups in total. The van der Waals surface area contributed by atoms with Crippen LogP contribution in [0.4, 0.5) is 10.5 Å². The highest BCUT2D eigenvalue weighted by Crippen LogP contribution is 2.37. The number of benzene rings is 1. The van der Waals surface area contributed by atoms with Gasteiger partial charge < -0.3 is 10.2 Å². The molecular weight excluding hydrogens is 354 g/mol. The summed E-state index contributed by atoms with van der Waals surface area (Å²) >= 11 is 0. The van der Waals surface area contributed by atoms with Crippen molar-refractivity contribution in [3.05, 3.63) is 29.3 Å². The first kappa shape index (κ1) is 19.0. The van der Waals surface area contributed by atoms with E-state index in [1.165, 1.54) is 5.56 Å². The lowest BCUT2D eigenvalue weighted by Gasteiger charge is -2.34. The number of amides is 4. The predicted octanol–water partition coefficient (Wildman–Crippen LogP) is 3.17. The van der Waals surface area contributed by atoms with Gasteiger partial charge in [0.1, 0.15) is 12.1 Å². The number of anilines is 1. The minimum absolute atomic E-state index is 0.184. The number of imide groups is 1. The molecule has 2 aliphatic heterocycles. The van der Waals surface area contributed by atoms with Crippen molar-refractivity contribution in [3.8, 4) is 0 Å². The zero-order valence-corrected chi connectivity index (χ0v) is 16.8. The molecule has 4 amide bonds. The number of aryl methyl sites for hydroxylation is 2. The van der Waals surface area contributed by atoms with E-state index in [-0.39, 0.29) is 18.4 Å². The standard InChI is InChI=1S/C22H29N3O3/c1-3-16-8-10-22(11-9-16)20(27)25(21(28)23-22)14-19(26)24-12-4-5-17-13-15(2)6-7-18(17)24/h6-7,13,16H,3-5,8-12,14H2,1-2H3,(H,23,28). The third-order valence-electron chi connectivity index (χ3n) is 6.73. The van der Waals surface area contributed by atoms with Crippen molar-refractivity contribution in [3.63, 3.8) is 0 Å². The molecule has 0 aromatic heterocycles. The van der Waals surface area contributed by atoms with Crippen molar-refractivity contribution in [2.45, 2.75) is 64.3 Å². The van der Waals surface area contributed by atoms with Crippen LogP contribution in [-0.2, 0) is 16.0 Å². The minimum atomic E-state index is -0.792. The maximum absolute atomic E-state index is 13.1. The SMILES string of the molecule is CCC1CCC2(CC1)NC(=O)N(CC(=O)N1CCCc3cc(C)ccc31)C2=O. The summed E-state index contributed by atoms with van der Waals surface area (Å²) in [5, 5.41) is 2.92. The number of hydrogen-bond donors (Lipinski definition) is 1. The molecular formula is C22H29N3O3. The van der Waals surface area contributed by atoms with Crippen LogP contribution >= 0.6 is 0 Å². The van der Waals surface area contributed by atoms with E-state index < -0.39 is 11.6 Å². The lowest BCUT2D eigenvalue weighted by Crippen LogP contribution is -2.50. The van der Waals surface area contributed by atoms with Crippen LogP contribution in [0.15, 0.2) is 18.2 Å². The molecule has 0 atom stereocenters. The second-order valence-electron chi connectivity index (χ2n) is 8.54. The Morgan fingerprint density at radius 3 is 2.71 bits per heavy atom. The minimum Gasteiger partial charge on any atom is -0.323 e. The van der Waals surface area contributed by atoms with Gasteiger partial charge in [0.2, 0.25) is 5.91 Å². The van der Waals surface area contributed by atoms with Crippen molar-refractivity contribution in [2.24, 2.45) is 5.92 Å². The summed E-state index contributed by atoms with van der Waals surface area (Å²) in [7, 11) is 0. The molecule has 0 radical (unpaired) electrons. The van der Waals surface area contributed by atoms with Crippen molar-refractivity contribution >= 4 is 23.5 Å². The number of nitrogens with zero attached hydrogens (tertiary/aromatic N) is 2. The first-order valence-electron chi connectivity index (χ1n) is 10.5. The third-order valence-corrected chi connectivity index (χ3v) is 6.73. The normalized spacial score (nSPS) is 27.1. The average molecular weight is 383 g/mol. The predicted molar refractivity (Wildman–Crippen MR) is 107 cm³/mol. The lowest BCUT2D eigenvalue weighted by molar-refractivity contribution is -0.135. The Labute approximate surface area is 166 Å². The van der Waals surface area contributed by atoms with Gasteiger partial charge in [-0.05, 0) is 63.0 Å². The first-order valence-corrected chi connectivity index (χ1v) is 10.5. The van der Waals surface area contributed by atoms with E-state index in [2.05, 4.69) is 18.3 Å². The van der Waals surface area contributed by atoms with Crippen molar-refractivity contribution in [1.29, 1.82) is 0 Å². The van der Waals surface area contributed by atoms with Gasteiger partial charge in [0.25, 0.3) is 5.91 Å². The Morgan fingerprint density at radius 1 is 1.25 bits per heavy atom. The molecule has 1 saturated carbocycles. The van der Waals surface area contributed by atoms with Crippen LogP contribution in [0.3, 0.4) is 0 Å². The summed E-state index contributed by atoms with van der Waals surface area (Å²) in [5.41, 5.74) is 2.45. The smallest absolute Gasteiger partial charge is 0.323 e. The van der Waals surface area contributed by atoms with E-state index in [9.17, 15) is 14.4 Å². The van der Waals surface area contributed by atoms with Crippen LogP contribution in [0.25, 0.3) is 0 Å². The third kappa shape index (κ3) is 3.19. The van der Waals surface area contributed by atoms with E-state index in [0.717, 1.165) is 48.3 Å². The lowest BCUT2D eigenvalue weighted by atomic mass is 9.75. The first-order chi connectivity index (χ1) is 13.4. The molecule has 28 heavy (non-hydrogen) atoms. The molecule has 6 nitrogen and oxygen atoms in total. The van der Waals surface area contributed by atoms with E-state index in [4.69, 9.17) is 0 Å². The molecule has 4 rings (SSSR count). The number of nitrogens with one attached hydrogen (secondary N) is 1. The number of hydrogen-bond acceptors (Lipinski definition) is 3. The zero-order valence-electron chi connectivity index (χ0n) is 16.8. The molecule has 0 bridgehead atoms. The Hall–Kier alpha value is -2.37. The highest BCUT2D eigenvalue weighted by molar-refractivity contribution is 6.10. The van der Waals surface area contributed by atoms with Crippen LogP contribution in [0.5, 0.6) is 0 Å². The number of urea groups is 1. The molecule has 1 aromatic carbocycles. The fourth-order valence-corrected chi connectivity index (χ4v) is 4.94. The van der Waals surface area contributed by atoms with Gasteiger partial charge in [-0.2, -0.15) is 0 Å². The van der Waals surface area contributed by atoms with Gasteiger partial charge in [0, 0.05) is 12.2 Å². The second kappa shape index (κ2) is 7.22. The van der Waals surface area contributed by atoms with Crippen LogP contribution < -0.4 is 10.2 Å². The van der Waals surface area contributed by atoms with Gasteiger partial charge in [0.15, 0.2) is 0 Å².